The van der Waals surface area contributed by atoms with Crippen LogP contribution in [0.25, 0.3) is 0 Å². The largest absolute Gasteiger partial charge is 0.485 e. The Labute approximate surface area is 141 Å². The van der Waals surface area contributed by atoms with E-state index in [1.807, 2.05) is 44.2 Å². The summed E-state index contributed by atoms with van der Waals surface area (Å²) in [6.07, 6.45) is 0. The van der Waals surface area contributed by atoms with E-state index in [-0.39, 0.29) is 6.61 Å². The van der Waals surface area contributed by atoms with Gasteiger partial charge in [-0.1, -0.05) is 49.4 Å². The molecular weight excluding hydrogens is 310 g/mol. The molecule has 0 atom stereocenters. The lowest BCUT2D eigenvalue weighted by atomic mass is 10.1. The highest BCUT2D eigenvalue weighted by Gasteiger charge is 2.14. The number of ether oxygens (including phenoxy) is 1. The van der Waals surface area contributed by atoms with Gasteiger partial charge < -0.3 is 9.84 Å². The van der Waals surface area contributed by atoms with Gasteiger partial charge in [0.05, 0.1) is 5.71 Å². The molecule has 2 aromatic rings. The quantitative estimate of drug-likeness (QED) is 0.797. The van der Waals surface area contributed by atoms with Crippen LogP contribution in [0.15, 0.2) is 47.5 Å². The maximum Gasteiger partial charge on any atom is 0.146 e. The number of fused-ring (bicyclic) bond motifs is 1. The van der Waals surface area contributed by atoms with Crippen molar-refractivity contribution in [1.82, 2.24) is 0 Å². The number of aliphatic hydroxyl groups excluding tert-OH is 1. The number of hydrogen-bond donors (Lipinski definition) is 1. The molecule has 0 fully saturated rings. The summed E-state index contributed by atoms with van der Waals surface area (Å²) < 4.78 is 5.69. The van der Waals surface area contributed by atoms with Gasteiger partial charge in [-0.2, -0.15) is 0 Å². The van der Waals surface area contributed by atoms with Crippen molar-refractivity contribution >= 4 is 23.0 Å². The predicted molar refractivity (Wildman–Crippen MR) is 94.9 cm³/mol. The van der Waals surface area contributed by atoms with E-state index in [1.165, 1.54) is 0 Å². The van der Waals surface area contributed by atoms with Crippen molar-refractivity contribution in [2.75, 3.05) is 13.2 Å². The summed E-state index contributed by atoms with van der Waals surface area (Å²) in [5.74, 6) is 6.19. The molecule has 0 aromatic heterocycles. The molecule has 0 unspecified atom stereocenters. The minimum Gasteiger partial charge on any atom is -0.485 e. The second kappa shape index (κ2) is 8.38. The first-order valence-corrected chi connectivity index (χ1v) is 7.84. The van der Waals surface area contributed by atoms with Gasteiger partial charge >= 0.3 is 0 Å². The molecule has 1 aliphatic rings. The Kier molecular flexibility index (Phi) is 6.22. The van der Waals surface area contributed by atoms with E-state index in [9.17, 15) is 0 Å². The molecule has 0 radical (unpaired) electrons. The van der Waals surface area contributed by atoms with Crippen LogP contribution in [0.5, 0.6) is 5.75 Å². The summed E-state index contributed by atoms with van der Waals surface area (Å²) in [6, 6.07) is 13.1. The van der Waals surface area contributed by atoms with Gasteiger partial charge in [0.1, 0.15) is 24.7 Å². The van der Waals surface area contributed by atoms with Crippen molar-refractivity contribution < 1.29 is 9.84 Å². The summed E-state index contributed by atoms with van der Waals surface area (Å²) in [5, 5.41) is 9.32. The molecule has 0 aliphatic carbocycles. The second-order valence-electron chi connectivity index (χ2n) is 4.50. The molecule has 1 aliphatic heterocycles. The highest BCUT2D eigenvalue weighted by molar-refractivity contribution is 6.30. The minimum absolute atomic E-state index is 0.137. The number of hydrogen-bond acceptors (Lipinski definition) is 3. The number of benzene rings is 2. The Morgan fingerprint density at radius 1 is 1.17 bits per heavy atom. The lowest BCUT2D eigenvalue weighted by Crippen LogP contribution is -2.16. The molecular formula is C19H18ClNO2. The Bertz CT molecular complexity index is 755. The van der Waals surface area contributed by atoms with Gasteiger partial charge in [-0.15, -0.1) is 0 Å². The molecule has 0 bridgehead atoms. The minimum atomic E-state index is -0.137. The number of aliphatic hydroxyl groups is 1. The van der Waals surface area contributed by atoms with E-state index in [2.05, 4.69) is 16.8 Å². The van der Waals surface area contributed by atoms with Crippen LogP contribution in [0.3, 0.4) is 0 Å². The number of aliphatic imine (C=N–C) groups is 1. The van der Waals surface area contributed by atoms with Gasteiger partial charge in [0.15, 0.2) is 0 Å². The van der Waals surface area contributed by atoms with Crippen LogP contribution in [0.2, 0.25) is 5.02 Å². The fourth-order valence-electron chi connectivity index (χ4n) is 2.06. The van der Waals surface area contributed by atoms with Gasteiger partial charge in [0, 0.05) is 16.7 Å². The summed E-state index contributed by atoms with van der Waals surface area (Å²) in [7, 11) is 0. The van der Waals surface area contributed by atoms with Crippen LogP contribution in [-0.4, -0.2) is 24.0 Å². The molecule has 0 spiro atoms. The first-order valence-electron chi connectivity index (χ1n) is 7.46. The lowest BCUT2D eigenvalue weighted by Gasteiger charge is -2.17. The SMILES string of the molecule is CC.OCC#Cc1ccc(C2=Nc3ccc(Cl)cc3OC2)cc1. The predicted octanol–water partition coefficient (Wildman–Crippen LogP) is 4.22. The molecule has 3 rings (SSSR count). The van der Waals surface area contributed by atoms with Crippen LogP contribution in [0.1, 0.15) is 25.0 Å². The van der Waals surface area contributed by atoms with Crippen molar-refractivity contribution in [2.45, 2.75) is 13.8 Å². The van der Waals surface area contributed by atoms with Crippen LogP contribution in [0.4, 0.5) is 5.69 Å². The van der Waals surface area contributed by atoms with E-state index < -0.39 is 0 Å². The Hall–Kier alpha value is -2.28. The van der Waals surface area contributed by atoms with Crippen molar-refractivity contribution in [3.05, 3.63) is 58.6 Å². The zero-order valence-corrected chi connectivity index (χ0v) is 13.9. The average molecular weight is 328 g/mol. The lowest BCUT2D eigenvalue weighted by molar-refractivity contribution is 0.350. The molecule has 23 heavy (non-hydrogen) atoms. The zero-order chi connectivity index (χ0) is 16.7. The molecule has 4 heteroatoms. The molecule has 2 aromatic carbocycles. The van der Waals surface area contributed by atoms with Crippen molar-refractivity contribution in [2.24, 2.45) is 4.99 Å². The van der Waals surface area contributed by atoms with E-state index in [0.717, 1.165) is 22.5 Å². The molecule has 0 saturated heterocycles. The third-order valence-electron chi connectivity index (χ3n) is 3.07. The number of halogens is 1. The standard InChI is InChI=1S/C17H12ClNO2.C2H6/c18-14-7-8-15-17(10-14)21-11-16(19-15)13-5-3-12(4-6-13)2-1-9-20;1-2/h3-8,10,20H,9,11H2;1-2H3. The molecule has 0 saturated carbocycles. The fourth-order valence-corrected chi connectivity index (χ4v) is 2.22. The smallest absolute Gasteiger partial charge is 0.146 e. The second-order valence-corrected chi connectivity index (χ2v) is 4.93. The van der Waals surface area contributed by atoms with Crippen LogP contribution in [0, 0.1) is 11.8 Å². The molecule has 1 heterocycles. The topological polar surface area (TPSA) is 41.8 Å². The summed E-state index contributed by atoms with van der Waals surface area (Å²) in [5.41, 5.74) is 3.50. The Morgan fingerprint density at radius 2 is 1.91 bits per heavy atom. The normalized spacial score (nSPS) is 11.7. The van der Waals surface area contributed by atoms with Crippen molar-refractivity contribution in [3.8, 4) is 17.6 Å². The first-order chi connectivity index (χ1) is 11.3. The third kappa shape index (κ3) is 4.35. The van der Waals surface area contributed by atoms with Gasteiger partial charge in [-0.3, -0.25) is 0 Å². The molecule has 0 amide bonds. The zero-order valence-electron chi connectivity index (χ0n) is 13.1. The molecule has 1 N–H and O–H groups in total. The summed E-state index contributed by atoms with van der Waals surface area (Å²) in [4.78, 5) is 4.61. The summed E-state index contributed by atoms with van der Waals surface area (Å²) >= 11 is 5.93. The van der Waals surface area contributed by atoms with E-state index in [4.69, 9.17) is 21.4 Å². The maximum absolute atomic E-state index is 8.68. The number of rotatable bonds is 1. The summed E-state index contributed by atoms with van der Waals surface area (Å²) in [6.45, 7) is 4.27. The molecule has 118 valence electrons. The van der Waals surface area contributed by atoms with Crippen LogP contribution < -0.4 is 4.74 Å². The Balaban J connectivity index is 0.000000924. The highest BCUT2D eigenvalue weighted by Crippen LogP contribution is 2.33. The fraction of sp³-hybridized carbons (Fsp3) is 0.211. The van der Waals surface area contributed by atoms with Crippen LogP contribution in [-0.2, 0) is 0 Å². The van der Waals surface area contributed by atoms with E-state index in [1.54, 1.807) is 12.1 Å². The number of nitrogens with zero attached hydrogens (tertiary/aromatic N) is 1. The van der Waals surface area contributed by atoms with Gasteiger partial charge in [0.25, 0.3) is 0 Å². The van der Waals surface area contributed by atoms with Crippen LogP contribution >= 0.6 is 11.6 Å². The monoisotopic (exact) mass is 327 g/mol. The van der Waals surface area contributed by atoms with Crippen molar-refractivity contribution in [1.29, 1.82) is 0 Å². The van der Waals surface area contributed by atoms with Crippen molar-refractivity contribution in [3.63, 3.8) is 0 Å². The first kappa shape index (κ1) is 17.1. The highest BCUT2D eigenvalue weighted by atomic mass is 35.5. The van der Waals surface area contributed by atoms with E-state index in [0.29, 0.717) is 17.4 Å². The van der Waals surface area contributed by atoms with E-state index >= 15 is 0 Å². The maximum atomic E-state index is 8.68. The van der Waals surface area contributed by atoms with Gasteiger partial charge in [0.2, 0.25) is 0 Å². The average Bonchev–Trinajstić information content (AvgIpc) is 2.61. The van der Waals surface area contributed by atoms with Gasteiger partial charge in [-0.05, 0) is 29.8 Å². The molecule has 3 nitrogen and oxygen atoms in total. The van der Waals surface area contributed by atoms with Gasteiger partial charge in [-0.25, -0.2) is 4.99 Å². The third-order valence-corrected chi connectivity index (χ3v) is 3.31. The Morgan fingerprint density at radius 3 is 2.61 bits per heavy atom.